The van der Waals surface area contributed by atoms with Gasteiger partial charge in [0.2, 0.25) is 5.91 Å². The van der Waals surface area contributed by atoms with Crippen LogP contribution in [-0.2, 0) is 9.53 Å². The van der Waals surface area contributed by atoms with E-state index in [-0.39, 0.29) is 11.4 Å². The van der Waals surface area contributed by atoms with Gasteiger partial charge in [0.15, 0.2) is 0 Å². The molecular formula is C15H25F2N3O2. The van der Waals surface area contributed by atoms with E-state index in [9.17, 15) is 13.6 Å². The summed E-state index contributed by atoms with van der Waals surface area (Å²) in [6.07, 6.45) is 3.75. The van der Waals surface area contributed by atoms with Crippen molar-refractivity contribution in [3.8, 4) is 0 Å². The molecule has 0 spiro atoms. The summed E-state index contributed by atoms with van der Waals surface area (Å²) in [5.74, 6) is -3.07. The highest BCUT2D eigenvalue weighted by molar-refractivity contribution is 5.82. The molecule has 3 saturated heterocycles. The molecule has 0 aromatic rings. The van der Waals surface area contributed by atoms with Gasteiger partial charge < -0.3 is 10.1 Å². The largest absolute Gasteiger partial charge is 0.381 e. The average Bonchev–Trinajstić information content (AvgIpc) is 3.15. The van der Waals surface area contributed by atoms with Crippen molar-refractivity contribution < 1.29 is 18.3 Å². The maximum Gasteiger partial charge on any atom is 0.262 e. The van der Waals surface area contributed by atoms with E-state index in [1.54, 1.807) is 0 Å². The number of nitrogens with zero attached hydrogens (tertiary/aromatic N) is 1. The molecular weight excluding hydrogens is 292 g/mol. The number of hydrogen-bond donors (Lipinski definition) is 2. The molecule has 1 atom stereocenters. The van der Waals surface area contributed by atoms with Crippen LogP contribution in [0.15, 0.2) is 0 Å². The summed E-state index contributed by atoms with van der Waals surface area (Å²) < 4.78 is 31.9. The number of hydrogen-bond acceptors (Lipinski definition) is 4. The minimum atomic E-state index is -2.77. The van der Waals surface area contributed by atoms with Crippen LogP contribution < -0.4 is 10.6 Å². The van der Waals surface area contributed by atoms with Crippen LogP contribution in [0.4, 0.5) is 8.78 Å². The van der Waals surface area contributed by atoms with Gasteiger partial charge >= 0.3 is 0 Å². The van der Waals surface area contributed by atoms with Crippen LogP contribution in [0, 0.1) is 0 Å². The Kier molecular flexibility index (Phi) is 4.66. The summed E-state index contributed by atoms with van der Waals surface area (Å²) in [5, 5.41) is 5.53. The van der Waals surface area contributed by atoms with Gasteiger partial charge in [0.25, 0.3) is 5.92 Å². The van der Waals surface area contributed by atoms with Gasteiger partial charge in [0.05, 0.1) is 12.6 Å². The third-order valence-corrected chi connectivity index (χ3v) is 5.22. The lowest BCUT2D eigenvalue weighted by molar-refractivity contribution is -0.124. The van der Waals surface area contributed by atoms with Crippen molar-refractivity contribution in [2.45, 2.75) is 49.6 Å². The highest BCUT2D eigenvalue weighted by atomic mass is 19.3. The molecule has 0 bridgehead atoms. The van der Waals surface area contributed by atoms with E-state index in [0.717, 1.165) is 25.9 Å². The zero-order valence-corrected chi connectivity index (χ0v) is 12.9. The Morgan fingerprint density at radius 3 is 2.55 bits per heavy atom. The molecule has 0 aliphatic carbocycles. The second kappa shape index (κ2) is 6.37. The highest BCUT2D eigenvalue weighted by Gasteiger charge is 2.44. The summed E-state index contributed by atoms with van der Waals surface area (Å²) in [5.41, 5.74) is -0.0640. The highest BCUT2D eigenvalue weighted by Crippen LogP contribution is 2.31. The number of rotatable bonds is 4. The molecule has 7 heteroatoms. The summed E-state index contributed by atoms with van der Waals surface area (Å²) in [7, 11) is 0. The molecule has 3 aliphatic rings. The summed E-state index contributed by atoms with van der Waals surface area (Å²) >= 11 is 0. The lowest BCUT2D eigenvalue weighted by Gasteiger charge is -2.44. The Labute approximate surface area is 129 Å². The molecule has 3 aliphatic heterocycles. The van der Waals surface area contributed by atoms with E-state index < -0.39 is 24.9 Å². The van der Waals surface area contributed by atoms with Crippen molar-refractivity contribution in [1.29, 1.82) is 0 Å². The zero-order chi connectivity index (χ0) is 15.6. The van der Waals surface area contributed by atoms with Crippen LogP contribution in [0.1, 0.15) is 32.1 Å². The van der Waals surface area contributed by atoms with Crippen LogP contribution >= 0.6 is 0 Å². The van der Waals surface area contributed by atoms with E-state index in [2.05, 4.69) is 15.5 Å². The molecule has 0 radical (unpaired) electrons. The number of carbonyl (C=O) groups excluding carboxylic acids is 1. The Morgan fingerprint density at radius 1 is 1.27 bits per heavy atom. The van der Waals surface area contributed by atoms with Crippen molar-refractivity contribution in [3.05, 3.63) is 0 Å². The lowest BCUT2D eigenvalue weighted by atomic mass is 9.88. The van der Waals surface area contributed by atoms with Gasteiger partial charge in [-0.1, -0.05) is 0 Å². The van der Waals surface area contributed by atoms with Gasteiger partial charge in [-0.2, -0.15) is 0 Å². The first-order chi connectivity index (χ1) is 10.5. The topological polar surface area (TPSA) is 53.6 Å². The van der Waals surface area contributed by atoms with Crippen LogP contribution in [0.3, 0.4) is 0 Å². The Hall–Kier alpha value is -0.790. The standard InChI is InChI=1S/C15H25F2N3O2/c16-15(17)9-12(18-11-15)13(21)19-10-14(3-7-22-8-4-14)20-5-1-2-6-20/h12,18H,1-11H2,(H,19,21). The molecule has 5 nitrogen and oxygen atoms in total. The first kappa shape index (κ1) is 16.1. The number of halogens is 2. The van der Waals surface area contributed by atoms with E-state index in [0.29, 0.717) is 19.8 Å². The van der Waals surface area contributed by atoms with Gasteiger partial charge in [0.1, 0.15) is 0 Å². The van der Waals surface area contributed by atoms with E-state index in [1.165, 1.54) is 12.8 Å². The third-order valence-electron chi connectivity index (χ3n) is 5.22. The maximum absolute atomic E-state index is 13.2. The number of amides is 1. The molecule has 22 heavy (non-hydrogen) atoms. The lowest BCUT2D eigenvalue weighted by Crippen LogP contribution is -2.58. The maximum atomic E-state index is 13.2. The summed E-state index contributed by atoms with van der Waals surface area (Å²) in [6.45, 7) is 3.62. The molecule has 3 fully saturated rings. The van der Waals surface area contributed by atoms with Crippen molar-refractivity contribution in [2.75, 3.05) is 39.4 Å². The normalized spacial score (nSPS) is 31.3. The number of alkyl halides is 2. The first-order valence-electron chi connectivity index (χ1n) is 8.23. The van der Waals surface area contributed by atoms with Crippen LogP contribution in [0.5, 0.6) is 0 Å². The molecule has 126 valence electrons. The predicted octanol–water partition coefficient (Wildman–Crippen LogP) is 0.745. The van der Waals surface area contributed by atoms with Gasteiger partial charge in [0, 0.05) is 31.7 Å². The van der Waals surface area contributed by atoms with Gasteiger partial charge in [-0.3, -0.25) is 15.0 Å². The van der Waals surface area contributed by atoms with Gasteiger partial charge in [-0.15, -0.1) is 0 Å². The van der Waals surface area contributed by atoms with Gasteiger partial charge in [-0.05, 0) is 38.8 Å². The number of nitrogens with one attached hydrogen (secondary N) is 2. The van der Waals surface area contributed by atoms with Crippen LogP contribution in [0.25, 0.3) is 0 Å². The van der Waals surface area contributed by atoms with Crippen molar-refractivity contribution in [1.82, 2.24) is 15.5 Å². The number of likely N-dealkylation sites (tertiary alicyclic amines) is 1. The quantitative estimate of drug-likeness (QED) is 0.803. The second-order valence-electron chi connectivity index (χ2n) is 6.74. The Morgan fingerprint density at radius 2 is 1.95 bits per heavy atom. The predicted molar refractivity (Wildman–Crippen MR) is 78.0 cm³/mol. The molecule has 2 N–H and O–H groups in total. The van der Waals surface area contributed by atoms with E-state index in [4.69, 9.17) is 4.74 Å². The minimum Gasteiger partial charge on any atom is -0.381 e. The molecule has 3 rings (SSSR count). The van der Waals surface area contributed by atoms with E-state index in [1.807, 2.05) is 0 Å². The Bertz CT molecular complexity index is 408. The molecule has 1 amide bonds. The third kappa shape index (κ3) is 3.41. The van der Waals surface area contributed by atoms with Crippen molar-refractivity contribution in [3.63, 3.8) is 0 Å². The molecule has 1 unspecified atom stereocenters. The number of carbonyl (C=O) groups is 1. The second-order valence-corrected chi connectivity index (χ2v) is 6.74. The first-order valence-corrected chi connectivity index (χ1v) is 8.23. The minimum absolute atomic E-state index is 0.0640. The fourth-order valence-electron chi connectivity index (χ4n) is 3.82. The molecule has 0 aromatic heterocycles. The average molecular weight is 317 g/mol. The van der Waals surface area contributed by atoms with E-state index >= 15 is 0 Å². The monoisotopic (exact) mass is 317 g/mol. The zero-order valence-electron chi connectivity index (χ0n) is 12.9. The van der Waals surface area contributed by atoms with Gasteiger partial charge in [-0.25, -0.2) is 8.78 Å². The molecule has 3 heterocycles. The molecule has 0 saturated carbocycles. The summed E-state index contributed by atoms with van der Waals surface area (Å²) in [4.78, 5) is 14.6. The number of ether oxygens (including phenoxy) is 1. The SMILES string of the molecule is O=C(NCC1(N2CCCC2)CCOCC1)C1CC(F)(F)CN1. The fourth-order valence-corrected chi connectivity index (χ4v) is 3.82. The Balaban J connectivity index is 1.58. The fraction of sp³-hybridized carbons (Fsp3) is 0.933. The van der Waals surface area contributed by atoms with Crippen molar-refractivity contribution in [2.24, 2.45) is 0 Å². The van der Waals surface area contributed by atoms with Crippen LogP contribution in [0.2, 0.25) is 0 Å². The smallest absolute Gasteiger partial charge is 0.262 e. The van der Waals surface area contributed by atoms with Crippen LogP contribution in [-0.4, -0.2) is 67.7 Å². The van der Waals surface area contributed by atoms with Crippen molar-refractivity contribution >= 4 is 5.91 Å². The summed E-state index contributed by atoms with van der Waals surface area (Å²) in [6, 6.07) is -0.773. The molecule has 0 aromatic carbocycles.